The van der Waals surface area contributed by atoms with Crippen molar-refractivity contribution in [3.8, 4) is 0 Å². The third-order valence-electron chi connectivity index (χ3n) is 3.82. The lowest BCUT2D eigenvalue weighted by atomic mass is 10.2. The van der Waals surface area contributed by atoms with Crippen LogP contribution in [-0.2, 0) is 10.0 Å². The maximum absolute atomic E-state index is 12.8. The van der Waals surface area contributed by atoms with Gasteiger partial charge < -0.3 is 5.32 Å². The van der Waals surface area contributed by atoms with E-state index in [1.54, 1.807) is 12.1 Å². The first-order valence-corrected chi connectivity index (χ1v) is 10.8. The van der Waals surface area contributed by atoms with Gasteiger partial charge in [-0.15, -0.1) is 0 Å². The molecule has 0 aliphatic heterocycles. The first-order valence-electron chi connectivity index (χ1n) is 8.65. The highest BCUT2D eigenvalue weighted by Gasteiger charge is 2.22. The normalized spacial score (nSPS) is 11.6. The van der Waals surface area contributed by atoms with Crippen LogP contribution in [0.25, 0.3) is 0 Å². The first kappa shape index (κ1) is 21.7. The molecule has 0 aliphatic carbocycles. The Hall–Kier alpha value is -1.60. The summed E-state index contributed by atoms with van der Waals surface area (Å²) in [5.74, 6) is -0.381. The standard InChI is InChI=1S/C19H22Cl2N2O3S/c1-3-9-23(10-4-2)27(25,26)18-7-5-17(6-8-18)22-19(24)14-11-15(20)13-16(21)12-14/h5-8,11-13H,3-4,9-10H2,1-2H3,(H,22,24). The van der Waals surface area contributed by atoms with Gasteiger partial charge in [0.1, 0.15) is 0 Å². The zero-order chi connectivity index (χ0) is 20.0. The van der Waals surface area contributed by atoms with Crippen molar-refractivity contribution in [3.63, 3.8) is 0 Å². The maximum Gasteiger partial charge on any atom is 0.255 e. The summed E-state index contributed by atoms with van der Waals surface area (Å²) in [6, 6.07) is 10.7. The van der Waals surface area contributed by atoms with Gasteiger partial charge in [-0.3, -0.25) is 4.79 Å². The molecule has 2 aromatic carbocycles. The molecular formula is C19H22Cl2N2O3S. The molecule has 0 aromatic heterocycles. The molecule has 5 nitrogen and oxygen atoms in total. The van der Waals surface area contributed by atoms with Gasteiger partial charge >= 0.3 is 0 Å². The molecular weight excluding hydrogens is 407 g/mol. The van der Waals surface area contributed by atoms with Gasteiger partial charge in [-0.25, -0.2) is 8.42 Å². The lowest BCUT2D eigenvalue weighted by Gasteiger charge is -2.21. The van der Waals surface area contributed by atoms with Crippen LogP contribution in [0.1, 0.15) is 37.0 Å². The summed E-state index contributed by atoms with van der Waals surface area (Å²) < 4.78 is 27.0. The Morgan fingerprint density at radius 2 is 1.48 bits per heavy atom. The predicted molar refractivity (Wildman–Crippen MR) is 110 cm³/mol. The molecule has 0 bridgehead atoms. The summed E-state index contributed by atoms with van der Waals surface area (Å²) in [6.45, 7) is 4.84. The van der Waals surface area contributed by atoms with Crippen LogP contribution in [0, 0.1) is 0 Å². The van der Waals surface area contributed by atoms with E-state index in [-0.39, 0.29) is 10.8 Å². The van der Waals surface area contributed by atoms with Crippen molar-refractivity contribution in [2.45, 2.75) is 31.6 Å². The Morgan fingerprint density at radius 1 is 0.963 bits per heavy atom. The monoisotopic (exact) mass is 428 g/mol. The number of hydrogen-bond acceptors (Lipinski definition) is 3. The van der Waals surface area contributed by atoms with E-state index in [0.29, 0.717) is 34.4 Å². The number of carbonyl (C=O) groups is 1. The first-order chi connectivity index (χ1) is 12.8. The second-order valence-electron chi connectivity index (χ2n) is 6.04. The van der Waals surface area contributed by atoms with Crippen LogP contribution in [0.4, 0.5) is 5.69 Å². The van der Waals surface area contributed by atoms with E-state index >= 15 is 0 Å². The van der Waals surface area contributed by atoms with Gasteiger partial charge in [-0.1, -0.05) is 37.0 Å². The van der Waals surface area contributed by atoms with E-state index in [4.69, 9.17) is 23.2 Å². The number of rotatable bonds is 8. The number of benzene rings is 2. The summed E-state index contributed by atoms with van der Waals surface area (Å²) in [5, 5.41) is 3.43. The van der Waals surface area contributed by atoms with Crippen molar-refractivity contribution >= 4 is 44.8 Å². The molecule has 8 heteroatoms. The quantitative estimate of drug-likeness (QED) is 0.638. The van der Waals surface area contributed by atoms with Gasteiger partial charge in [0.05, 0.1) is 4.90 Å². The predicted octanol–water partition coefficient (Wildman–Crippen LogP) is 5.06. The van der Waals surface area contributed by atoms with E-state index in [2.05, 4.69) is 5.32 Å². The van der Waals surface area contributed by atoms with Crippen molar-refractivity contribution in [1.82, 2.24) is 4.31 Å². The second kappa shape index (κ2) is 9.55. The fraction of sp³-hybridized carbons (Fsp3) is 0.316. The molecule has 27 heavy (non-hydrogen) atoms. The van der Waals surface area contributed by atoms with Crippen molar-refractivity contribution in [1.29, 1.82) is 0 Å². The fourth-order valence-corrected chi connectivity index (χ4v) is 4.75. The summed E-state index contributed by atoms with van der Waals surface area (Å²) in [6.07, 6.45) is 1.49. The number of halogens is 2. The molecule has 0 radical (unpaired) electrons. The van der Waals surface area contributed by atoms with E-state index in [9.17, 15) is 13.2 Å². The largest absolute Gasteiger partial charge is 0.322 e. The van der Waals surface area contributed by atoms with Crippen LogP contribution < -0.4 is 5.32 Å². The number of hydrogen-bond donors (Lipinski definition) is 1. The Balaban J connectivity index is 2.17. The molecule has 1 N–H and O–H groups in total. The van der Waals surface area contributed by atoms with Gasteiger partial charge in [-0.05, 0) is 55.3 Å². The van der Waals surface area contributed by atoms with Crippen LogP contribution in [0.3, 0.4) is 0 Å². The zero-order valence-electron chi connectivity index (χ0n) is 15.2. The average molecular weight is 429 g/mol. The minimum Gasteiger partial charge on any atom is -0.322 e. The zero-order valence-corrected chi connectivity index (χ0v) is 17.5. The fourth-order valence-electron chi connectivity index (χ4n) is 2.60. The molecule has 0 atom stereocenters. The highest BCUT2D eigenvalue weighted by molar-refractivity contribution is 7.89. The van der Waals surface area contributed by atoms with Crippen LogP contribution in [0.15, 0.2) is 47.4 Å². The van der Waals surface area contributed by atoms with Gasteiger partial charge in [-0.2, -0.15) is 4.31 Å². The van der Waals surface area contributed by atoms with Gasteiger partial charge in [0.15, 0.2) is 0 Å². The van der Waals surface area contributed by atoms with E-state index in [1.165, 1.54) is 34.6 Å². The molecule has 0 saturated heterocycles. The van der Waals surface area contributed by atoms with Crippen molar-refractivity contribution in [2.75, 3.05) is 18.4 Å². The molecule has 146 valence electrons. The van der Waals surface area contributed by atoms with Crippen molar-refractivity contribution < 1.29 is 13.2 Å². The molecule has 1 amide bonds. The number of nitrogens with zero attached hydrogens (tertiary/aromatic N) is 1. The van der Waals surface area contributed by atoms with Crippen LogP contribution in [0.2, 0.25) is 10.0 Å². The lowest BCUT2D eigenvalue weighted by molar-refractivity contribution is 0.102. The molecule has 0 unspecified atom stereocenters. The topological polar surface area (TPSA) is 66.5 Å². The molecule has 0 saturated carbocycles. The minimum absolute atomic E-state index is 0.202. The van der Waals surface area contributed by atoms with E-state index < -0.39 is 10.0 Å². The maximum atomic E-state index is 12.8. The number of nitrogens with one attached hydrogen (secondary N) is 1. The molecule has 2 rings (SSSR count). The average Bonchev–Trinajstić information content (AvgIpc) is 2.61. The third-order valence-corrected chi connectivity index (χ3v) is 6.17. The second-order valence-corrected chi connectivity index (χ2v) is 8.85. The van der Waals surface area contributed by atoms with Crippen molar-refractivity contribution in [3.05, 3.63) is 58.1 Å². The van der Waals surface area contributed by atoms with Crippen molar-refractivity contribution in [2.24, 2.45) is 0 Å². The number of carbonyl (C=O) groups excluding carboxylic acids is 1. The lowest BCUT2D eigenvalue weighted by Crippen LogP contribution is -2.32. The Kier molecular flexibility index (Phi) is 7.68. The third kappa shape index (κ3) is 5.69. The summed E-state index contributed by atoms with van der Waals surface area (Å²) in [4.78, 5) is 12.5. The molecule has 0 spiro atoms. The van der Waals surface area contributed by atoms with Gasteiger partial charge in [0, 0.05) is 34.4 Å². The summed E-state index contributed by atoms with van der Waals surface area (Å²) in [7, 11) is -3.55. The summed E-state index contributed by atoms with van der Waals surface area (Å²) in [5.41, 5.74) is 0.800. The molecule has 0 fully saturated rings. The van der Waals surface area contributed by atoms with Gasteiger partial charge in [0.25, 0.3) is 5.91 Å². The van der Waals surface area contributed by atoms with E-state index in [0.717, 1.165) is 12.8 Å². The van der Waals surface area contributed by atoms with Crippen LogP contribution in [-0.4, -0.2) is 31.7 Å². The number of sulfonamides is 1. The minimum atomic E-state index is -3.55. The Labute approximate surface area is 170 Å². The Bertz CT molecular complexity index is 873. The molecule has 2 aromatic rings. The van der Waals surface area contributed by atoms with E-state index in [1.807, 2.05) is 13.8 Å². The molecule has 0 aliphatic rings. The Morgan fingerprint density at radius 3 is 1.96 bits per heavy atom. The smallest absolute Gasteiger partial charge is 0.255 e. The van der Waals surface area contributed by atoms with Crippen LogP contribution >= 0.6 is 23.2 Å². The molecule has 0 heterocycles. The SMILES string of the molecule is CCCN(CCC)S(=O)(=O)c1ccc(NC(=O)c2cc(Cl)cc(Cl)c2)cc1. The highest BCUT2D eigenvalue weighted by Crippen LogP contribution is 2.22. The highest BCUT2D eigenvalue weighted by atomic mass is 35.5. The number of anilines is 1. The number of amides is 1. The van der Waals surface area contributed by atoms with Crippen LogP contribution in [0.5, 0.6) is 0 Å². The van der Waals surface area contributed by atoms with Gasteiger partial charge in [0.2, 0.25) is 10.0 Å². The summed E-state index contributed by atoms with van der Waals surface area (Å²) >= 11 is 11.8.